The standard InChI is InChI=1S/C11H12N4O/c1-8(9-2-4-12-5-3-9)15-10-11(16)14-7-6-13-10/h2-8H,1H3,(H,13,15)(H,14,16). The zero-order valence-corrected chi connectivity index (χ0v) is 8.84. The summed E-state index contributed by atoms with van der Waals surface area (Å²) in [5.74, 6) is 0.326. The van der Waals surface area contributed by atoms with Gasteiger partial charge in [0.1, 0.15) is 0 Å². The van der Waals surface area contributed by atoms with Crippen LogP contribution in [0.5, 0.6) is 0 Å². The number of hydrogen-bond acceptors (Lipinski definition) is 4. The third-order valence-electron chi connectivity index (χ3n) is 2.27. The maximum Gasteiger partial charge on any atom is 0.290 e. The van der Waals surface area contributed by atoms with Crippen LogP contribution in [-0.2, 0) is 0 Å². The molecule has 0 radical (unpaired) electrons. The van der Waals surface area contributed by atoms with Crippen molar-refractivity contribution in [2.75, 3.05) is 5.32 Å². The van der Waals surface area contributed by atoms with Crippen molar-refractivity contribution in [1.82, 2.24) is 15.0 Å². The number of rotatable bonds is 3. The number of hydrogen-bond donors (Lipinski definition) is 2. The van der Waals surface area contributed by atoms with Crippen molar-refractivity contribution in [1.29, 1.82) is 0 Å². The van der Waals surface area contributed by atoms with Crippen molar-refractivity contribution in [3.05, 3.63) is 52.8 Å². The van der Waals surface area contributed by atoms with Crippen LogP contribution in [0.25, 0.3) is 0 Å². The van der Waals surface area contributed by atoms with Gasteiger partial charge in [-0.1, -0.05) is 0 Å². The van der Waals surface area contributed by atoms with E-state index in [1.807, 2.05) is 19.1 Å². The zero-order chi connectivity index (χ0) is 11.4. The Labute approximate surface area is 92.6 Å². The van der Waals surface area contributed by atoms with Gasteiger partial charge in [0.05, 0.1) is 6.04 Å². The van der Waals surface area contributed by atoms with E-state index in [0.717, 1.165) is 5.56 Å². The fraction of sp³-hybridized carbons (Fsp3) is 0.182. The Balaban J connectivity index is 2.17. The van der Waals surface area contributed by atoms with Gasteiger partial charge in [0.2, 0.25) is 0 Å². The Morgan fingerprint density at radius 1 is 1.31 bits per heavy atom. The average Bonchev–Trinajstić information content (AvgIpc) is 2.33. The normalized spacial score (nSPS) is 12.1. The third-order valence-corrected chi connectivity index (χ3v) is 2.27. The van der Waals surface area contributed by atoms with Gasteiger partial charge in [0.25, 0.3) is 5.56 Å². The summed E-state index contributed by atoms with van der Waals surface area (Å²) in [4.78, 5) is 21.9. The molecule has 0 saturated carbocycles. The van der Waals surface area contributed by atoms with E-state index < -0.39 is 0 Å². The zero-order valence-electron chi connectivity index (χ0n) is 8.84. The highest BCUT2D eigenvalue weighted by Crippen LogP contribution is 2.13. The van der Waals surface area contributed by atoms with E-state index in [1.165, 1.54) is 6.20 Å². The van der Waals surface area contributed by atoms with Crippen LogP contribution in [0, 0.1) is 0 Å². The third kappa shape index (κ3) is 2.25. The van der Waals surface area contributed by atoms with E-state index >= 15 is 0 Å². The molecule has 1 atom stereocenters. The monoisotopic (exact) mass is 216 g/mol. The van der Waals surface area contributed by atoms with Gasteiger partial charge in [0.15, 0.2) is 5.82 Å². The second-order valence-electron chi connectivity index (χ2n) is 3.41. The average molecular weight is 216 g/mol. The van der Waals surface area contributed by atoms with Crippen molar-refractivity contribution >= 4 is 5.82 Å². The van der Waals surface area contributed by atoms with Gasteiger partial charge in [-0.15, -0.1) is 0 Å². The molecule has 0 saturated heterocycles. The lowest BCUT2D eigenvalue weighted by Gasteiger charge is -2.13. The van der Waals surface area contributed by atoms with Crippen molar-refractivity contribution in [3.63, 3.8) is 0 Å². The molecule has 2 aromatic heterocycles. The van der Waals surface area contributed by atoms with Gasteiger partial charge in [-0.2, -0.15) is 0 Å². The molecule has 0 aliphatic heterocycles. The van der Waals surface area contributed by atoms with Crippen molar-refractivity contribution in [3.8, 4) is 0 Å². The topological polar surface area (TPSA) is 70.7 Å². The van der Waals surface area contributed by atoms with Crippen LogP contribution in [0.2, 0.25) is 0 Å². The van der Waals surface area contributed by atoms with Gasteiger partial charge in [0, 0.05) is 24.8 Å². The number of nitrogens with one attached hydrogen (secondary N) is 2. The molecule has 2 rings (SSSR count). The van der Waals surface area contributed by atoms with E-state index in [4.69, 9.17) is 0 Å². The number of pyridine rings is 1. The maximum absolute atomic E-state index is 11.4. The number of H-pyrrole nitrogens is 1. The molecule has 82 valence electrons. The van der Waals surface area contributed by atoms with Crippen LogP contribution in [0.4, 0.5) is 5.82 Å². The van der Waals surface area contributed by atoms with Crippen molar-refractivity contribution in [2.24, 2.45) is 0 Å². The Morgan fingerprint density at radius 2 is 2.06 bits per heavy atom. The number of nitrogens with zero attached hydrogens (tertiary/aromatic N) is 2. The lowest BCUT2D eigenvalue weighted by Crippen LogP contribution is -2.17. The Bertz CT molecular complexity index is 509. The number of anilines is 1. The molecule has 0 bridgehead atoms. The number of aromatic amines is 1. The lowest BCUT2D eigenvalue weighted by atomic mass is 10.1. The minimum Gasteiger partial charge on any atom is -0.359 e. The summed E-state index contributed by atoms with van der Waals surface area (Å²) in [6, 6.07) is 3.81. The van der Waals surface area contributed by atoms with Gasteiger partial charge in [-0.3, -0.25) is 9.78 Å². The molecular formula is C11H12N4O. The predicted molar refractivity (Wildman–Crippen MR) is 61.1 cm³/mol. The van der Waals surface area contributed by atoms with E-state index in [1.54, 1.807) is 18.6 Å². The van der Waals surface area contributed by atoms with Crippen LogP contribution in [-0.4, -0.2) is 15.0 Å². The first kappa shape index (κ1) is 10.4. The predicted octanol–water partition coefficient (Wildman–Crippen LogP) is 1.34. The summed E-state index contributed by atoms with van der Waals surface area (Å²) >= 11 is 0. The van der Waals surface area contributed by atoms with Crippen molar-refractivity contribution in [2.45, 2.75) is 13.0 Å². The van der Waals surface area contributed by atoms with Crippen LogP contribution >= 0.6 is 0 Å². The molecule has 5 nitrogen and oxygen atoms in total. The Morgan fingerprint density at radius 3 is 2.75 bits per heavy atom. The number of aromatic nitrogens is 3. The van der Waals surface area contributed by atoms with Crippen LogP contribution in [0.15, 0.2) is 41.7 Å². The van der Waals surface area contributed by atoms with Crippen LogP contribution in [0.3, 0.4) is 0 Å². The largest absolute Gasteiger partial charge is 0.359 e. The van der Waals surface area contributed by atoms with Gasteiger partial charge >= 0.3 is 0 Å². The molecule has 1 unspecified atom stereocenters. The minimum absolute atomic E-state index is 0.0130. The van der Waals surface area contributed by atoms with Gasteiger partial charge in [-0.25, -0.2) is 4.98 Å². The Hall–Kier alpha value is -2.17. The van der Waals surface area contributed by atoms with E-state index in [-0.39, 0.29) is 11.6 Å². The van der Waals surface area contributed by atoms with E-state index in [2.05, 4.69) is 20.3 Å². The summed E-state index contributed by atoms with van der Waals surface area (Å²) in [7, 11) is 0. The minimum atomic E-state index is -0.219. The molecule has 2 N–H and O–H groups in total. The molecule has 0 amide bonds. The van der Waals surface area contributed by atoms with Crippen LogP contribution in [0.1, 0.15) is 18.5 Å². The molecule has 0 aliphatic rings. The molecule has 2 heterocycles. The highest BCUT2D eigenvalue weighted by atomic mass is 16.1. The highest BCUT2D eigenvalue weighted by Gasteiger charge is 2.07. The first-order valence-corrected chi connectivity index (χ1v) is 4.97. The molecule has 5 heteroatoms. The summed E-state index contributed by atoms with van der Waals surface area (Å²) in [6.45, 7) is 1.96. The smallest absolute Gasteiger partial charge is 0.290 e. The quantitative estimate of drug-likeness (QED) is 0.812. The SMILES string of the molecule is CC(Nc1ncc[nH]c1=O)c1ccncc1. The van der Waals surface area contributed by atoms with Crippen molar-refractivity contribution < 1.29 is 0 Å². The summed E-state index contributed by atoms with van der Waals surface area (Å²) in [5.41, 5.74) is 0.837. The summed E-state index contributed by atoms with van der Waals surface area (Å²) in [6.07, 6.45) is 6.49. The van der Waals surface area contributed by atoms with Crippen LogP contribution < -0.4 is 10.9 Å². The molecule has 0 aliphatic carbocycles. The molecule has 0 fully saturated rings. The first-order chi connectivity index (χ1) is 7.77. The summed E-state index contributed by atoms with van der Waals surface area (Å²) < 4.78 is 0. The van der Waals surface area contributed by atoms with Gasteiger partial charge in [-0.05, 0) is 24.6 Å². The second-order valence-corrected chi connectivity index (χ2v) is 3.41. The summed E-state index contributed by atoms with van der Waals surface area (Å²) in [5, 5.41) is 3.04. The highest BCUT2D eigenvalue weighted by molar-refractivity contribution is 5.34. The Kier molecular flexibility index (Phi) is 2.95. The van der Waals surface area contributed by atoms with E-state index in [9.17, 15) is 4.79 Å². The fourth-order valence-electron chi connectivity index (χ4n) is 1.40. The maximum atomic E-state index is 11.4. The molecular weight excluding hydrogens is 204 g/mol. The van der Waals surface area contributed by atoms with E-state index in [0.29, 0.717) is 5.82 Å². The molecule has 0 aromatic carbocycles. The van der Waals surface area contributed by atoms with Gasteiger partial charge < -0.3 is 10.3 Å². The molecule has 0 spiro atoms. The lowest BCUT2D eigenvalue weighted by molar-refractivity contribution is 0.863. The molecule has 2 aromatic rings. The second kappa shape index (κ2) is 4.57. The first-order valence-electron chi connectivity index (χ1n) is 4.97. The molecule has 16 heavy (non-hydrogen) atoms. The fourth-order valence-corrected chi connectivity index (χ4v) is 1.40.